The van der Waals surface area contributed by atoms with Gasteiger partial charge in [0, 0.05) is 35.7 Å². The molecule has 48 heavy (non-hydrogen) atoms. The summed E-state index contributed by atoms with van der Waals surface area (Å²) in [5.41, 5.74) is -1.52. The molecular formula is C38H43F6N2O2+. The Bertz CT molecular complexity index is 1780. The Morgan fingerprint density at radius 1 is 0.812 bits per heavy atom. The van der Waals surface area contributed by atoms with Gasteiger partial charge in [0.15, 0.2) is 5.71 Å². The van der Waals surface area contributed by atoms with Crippen molar-refractivity contribution in [3.63, 3.8) is 0 Å². The molecule has 2 aromatic carbocycles. The Balaban J connectivity index is 1.66. The van der Waals surface area contributed by atoms with Gasteiger partial charge in [-0.1, -0.05) is 65.8 Å². The number of hydrogen-bond acceptors (Lipinski definition) is 3. The summed E-state index contributed by atoms with van der Waals surface area (Å²) >= 11 is 0. The lowest BCUT2D eigenvalue weighted by atomic mass is 9.77. The monoisotopic (exact) mass is 673 g/mol. The van der Waals surface area contributed by atoms with Crippen molar-refractivity contribution in [3.05, 3.63) is 93.4 Å². The number of Topliss-reactive ketones (excluding diaryl/α,β-unsaturated/α-hetero) is 1. The Morgan fingerprint density at radius 2 is 1.38 bits per heavy atom. The molecule has 0 spiro atoms. The largest absolute Gasteiger partial charge is 0.506 e. The van der Waals surface area contributed by atoms with Gasteiger partial charge in [-0.2, -0.15) is 30.9 Å². The number of carbonyl (C=O) groups is 1. The highest BCUT2D eigenvalue weighted by Crippen LogP contribution is 2.54. The summed E-state index contributed by atoms with van der Waals surface area (Å²) in [5.74, 6) is -0.475. The highest BCUT2D eigenvalue weighted by molar-refractivity contribution is 6.24. The molecule has 3 aliphatic rings. The number of anilines is 1. The normalized spacial score (nSPS) is 20.5. The summed E-state index contributed by atoms with van der Waals surface area (Å²) in [6.45, 7) is 15.6. The van der Waals surface area contributed by atoms with Crippen LogP contribution in [0.15, 0.2) is 71.2 Å². The highest BCUT2D eigenvalue weighted by Gasteiger charge is 2.52. The van der Waals surface area contributed by atoms with Gasteiger partial charge in [0.1, 0.15) is 17.9 Å². The first-order chi connectivity index (χ1) is 22.1. The third-order valence-corrected chi connectivity index (χ3v) is 9.85. The number of hydrogen-bond donors (Lipinski definition) is 1. The maximum absolute atomic E-state index is 14.3. The third kappa shape index (κ3) is 5.89. The molecule has 0 fully saturated rings. The van der Waals surface area contributed by atoms with Crippen LogP contribution >= 0.6 is 0 Å². The zero-order chi connectivity index (χ0) is 35.7. The molecule has 1 N–H and O–H groups in total. The predicted molar refractivity (Wildman–Crippen MR) is 176 cm³/mol. The molecule has 2 heterocycles. The van der Waals surface area contributed by atoms with E-state index in [9.17, 15) is 36.2 Å². The number of alkyl halides is 6. The van der Waals surface area contributed by atoms with Crippen molar-refractivity contribution >= 4 is 22.9 Å². The van der Waals surface area contributed by atoms with Crippen molar-refractivity contribution in [2.75, 3.05) is 18.0 Å². The number of nitrogens with zero attached hydrogens (tertiary/aromatic N) is 2. The summed E-state index contributed by atoms with van der Waals surface area (Å²) in [4.78, 5) is 15.4. The molecule has 0 atom stereocenters. The smallest absolute Gasteiger partial charge is 0.422 e. The minimum Gasteiger partial charge on any atom is -0.506 e. The standard InChI is InChI=1S/C38H42F6N2O2/c1-21(2)15-17-45-29(35(5,6)25-11-9-13-27(31(25)45)37(39,40)41)19-23-33(47)24(34(23)48)20-30-36(7,8)26-12-10-14-28(38(42,43)44)32(26)46(30)18-16-22(3)4/h9-14,19-22H,15-18H2,1-8H3/p+1. The number of halogens is 6. The van der Waals surface area contributed by atoms with Crippen LogP contribution in [0, 0.1) is 11.8 Å². The van der Waals surface area contributed by atoms with E-state index >= 15 is 0 Å². The van der Waals surface area contributed by atoms with Gasteiger partial charge in [-0.05, 0) is 55.9 Å². The van der Waals surface area contributed by atoms with Crippen LogP contribution in [-0.4, -0.2) is 34.3 Å². The molecule has 2 aliphatic heterocycles. The highest BCUT2D eigenvalue weighted by atomic mass is 19.4. The topological polar surface area (TPSA) is 43.5 Å². The Hall–Kier alpha value is -3.82. The fourth-order valence-electron chi connectivity index (χ4n) is 7.07. The van der Waals surface area contributed by atoms with Gasteiger partial charge in [-0.15, -0.1) is 0 Å². The summed E-state index contributed by atoms with van der Waals surface area (Å²) in [6, 6.07) is 8.20. The van der Waals surface area contributed by atoms with Crippen LogP contribution in [-0.2, 0) is 28.0 Å². The fourth-order valence-corrected chi connectivity index (χ4v) is 7.07. The van der Waals surface area contributed by atoms with E-state index in [1.165, 1.54) is 24.3 Å². The minimum atomic E-state index is -4.60. The second-order valence-corrected chi connectivity index (χ2v) is 14.9. The first-order valence-electron chi connectivity index (χ1n) is 16.4. The van der Waals surface area contributed by atoms with Crippen molar-refractivity contribution in [1.29, 1.82) is 0 Å². The average molecular weight is 674 g/mol. The van der Waals surface area contributed by atoms with Crippen LogP contribution in [0.3, 0.4) is 0 Å². The number of rotatable bonds is 8. The van der Waals surface area contributed by atoms with Crippen molar-refractivity contribution in [3.8, 4) is 0 Å². The van der Waals surface area contributed by atoms with E-state index in [4.69, 9.17) is 0 Å². The molecule has 10 heteroatoms. The number of benzene rings is 2. The summed E-state index contributed by atoms with van der Waals surface area (Å²) in [5, 5.41) is 11.3. The maximum Gasteiger partial charge on any atom is 0.422 e. The molecule has 1 aliphatic carbocycles. The molecular weight excluding hydrogens is 630 g/mol. The number of allylic oxidation sites excluding steroid dienone is 5. The Morgan fingerprint density at radius 3 is 1.92 bits per heavy atom. The lowest BCUT2D eigenvalue weighted by molar-refractivity contribution is -0.441. The number of aliphatic hydroxyl groups excluding tert-OH is 1. The number of ketones is 1. The first-order valence-corrected chi connectivity index (χ1v) is 16.4. The predicted octanol–water partition coefficient (Wildman–Crippen LogP) is 10.2. The molecule has 0 unspecified atom stereocenters. The van der Waals surface area contributed by atoms with E-state index in [1.807, 2.05) is 27.7 Å². The van der Waals surface area contributed by atoms with Crippen molar-refractivity contribution in [1.82, 2.24) is 0 Å². The maximum atomic E-state index is 14.3. The van der Waals surface area contributed by atoms with Crippen LogP contribution in [0.5, 0.6) is 0 Å². The third-order valence-electron chi connectivity index (χ3n) is 9.85. The Labute approximate surface area is 278 Å². The second-order valence-electron chi connectivity index (χ2n) is 14.9. The zero-order valence-electron chi connectivity index (χ0n) is 28.6. The minimum absolute atomic E-state index is 0.0427. The van der Waals surface area contributed by atoms with Crippen LogP contribution < -0.4 is 4.90 Å². The molecule has 0 saturated heterocycles. The van der Waals surface area contributed by atoms with E-state index < -0.39 is 40.1 Å². The molecule has 258 valence electrons. The van der Waals surface area contributed by atoms with Crippen molar-refractivity contribution < 1.29 is 40.8 Å². The van der Waals surface area contributed by atoms with Crippen LogP contribution in [0.1, 0.15) is 90.5 Å². The number of fused-ring (bicyclic) bond motifs is 2. The van der Waals surface area contributed by atoms with Gasteiger partial charge in [0.05, 0.1) is 27.8 Å². The molecule has 5 rings (SSSR count). The molecule has 2 aromatic rings. The van der Waals surface area contributed by atoms with Crippen molar-refractivity contribution in [2.45, 2.75) is 91.4 Å². The molecule has 0 amide bonds. The lowest BCUT2D eigenvalue weighted by Gasteiger charge is -2.30. The molecule has 0 saturated carbocycles. The summed E-state index contributed by atoms with van der Waals surface area (Å²) in [6.07, 6.45) is -5.08. The van der Waals surface area contributed by atoms with Crippen LogP contribution in [0.2, 0.25) is 0 Å². The van der Waals surface area contributed by atoms with Gasteiger partial charge >= 0.3 is 12.4 Å². The summed E-state index contributed by atoms with van der Waals surface area (Å²) in [7, 11) is 0. The van der Waals surface area contributed by atoms with Gasteiger partial charge in [-0.3, -0.25) is 4.79 Å². The van der Waals surface area contributed by atoms with Gasteiger partial charge in [0.25, 0.3) is 0 Å². The number of carbonyl (C=O) groups excluding carboxylic acids is 1. The van der Waals surface area contributed by atoms with Crippen molar-refractivity contribution in [2.24, 2.45) is 11.8 Å². The Kier molecular flexibility index (Phi) is 8.83. The molecule has 4 nitrogen and oxygen atoms in total. The van der Waals surface area contributed by atoms with Crippen LogP contribution in [0.25, 0.3) is 0 Å². The first kappa shape index (κ1) is 35.5. The van der Waals surface area contributed by atoms with E-state index in [1.54, 1.807) is 49.3 Å². The van der Waals surface area contributed by atoms with E-state index in [2.05, 4.69) is 0 Å². The SMILES string of the molecule is CC(C)CCN1/C(=C\C2=C(O)C(=C\C3=[N+](CCC(C)C)c4c(C(F)(F)F)cccc4C3(C)C)/C2=O)C(C)(C)c2cccc(C(F)(F)F)c21. The van der Waals surface area contributed by atoms with E-state index in [0.29, 0.717) is 35.4 Å². The van der Waals surface area contributed by atoms with Crippen LogP contribution in [0.4, 0.5) is 37.7 Å². The number of para-hydroxylation sites is 2. The second kappa shape index (κ2) is 11.9. The van der Waals surface area contributed by atoms with Gasteiger partial charge < -0.3 is 10.0 Å². The average Bonchev–Trinajstić information content (AvgIpc) is 3.33. The lowest BCUT2D eigenvalue weighted by Crippen LogP contribution is -2.32. The van der Waals surface area contributed by atoms with Gasteiger partial charge in [-0.25, -0.2) is 0 Å². The molecule has 0 radical (unpaired) electrons. The van der Waals surface area contributed by atoms with E-state index in [0.717, 1.165) is 12.1 Å². The van der Waals surface area contributed by atoms with Gasteiger partial charge in [0.2, 0.25) is 11.5 Å². The fraction of sp³-hybridized carbons (Fsp3) is 0.474. The zero-order valence-corrected chi connectivity index (χ0v) is 28.6. The molecule has 0 aromatic heterocycles. The quantitative estimate of drug-likeness (QED) is 0.172. The molecule has 0 bridgehead atoms. The van der Waals surface area contributed by atoms with E-state index in [-0.39, 0.29) is 53.2 Å². The summed E-state index contributed by atoms with van der Waals surface area (Å²) < 4.78 is 87.2. The number of aliphatic hydroxyl groups is 1.